The highest BCUT2D eigenvalue weighted by Crippen LogP contribution is 2.30. The van der Waals surface area contributed by atoms with Crippen LogP contribution < -0.4 is 0 Å². The zero-order chi connectivity index (χ0) is 9.84. The fraction of sp³-hybridized carbons (Fsp3) is 0.500. The van der Waals surface area contributed by atoms with Crippen LogP contribution >= 0.6 is 0 Å². The summed E-state index contributed by atoms with van der Waals surface area (Å²) in [5.41, 5.74) is 0.714. The second-order valence-electron chi connectivity index (χ2n) is 2.94. The minimum Gasteiger partial charge on any atom is -0.497 e. The van der Waals surface area contributed by atoms with Crippen molar-refractivity contribution in [2.45, 2.75) is 26.7 Å². The average Bonchev–Trinajstić information content (AvgIpc) is 2.12. The Hall–Kier alpha value is -1.30. The molecule has 0 aromatic rings. The van der Waals surface area contributed by atoms with Crippen LogP contribution in [-0.4, -0.2) is 6.61 Å². The van der Waals surface area contributed by atoms with E-state index in [1.165, 1.54) is 0 Å². The summed E-state index contributed by atoms with van der Waals surface area (Å²) < 4.78 is 18.5. The molecule has 0 amide bonds. The van der Waals surface area contributed by atoms with Gasteiger partial charge in [0.25, 0.3) is 0 Å². The Morgan fingerprint density at radius 3 is 2.77 bits per heavy atom. The Morgan fingerprint density at radius 1 is 1.54 bits per heavy atom. The molecule has 2 nitrogen and oxygen atoms in total. The van der Waals surface area contributed by atoms with Gasteiger partial charge in [-0.1, -0.05) is 0 Å². The molecule has 0 spiro atoms. The van der Waals surface area contributed by atoms with E-state index in [0.717, 1.165) is 0 Å². The van der Waals surface area contributed by atoms with Crippen LogP contribution in [-0.2, 0) is 4.74 Å². The number of ether oxygens (including phenoxy) is 1. The summed E-state index contributed by atoms with van der Waals surface area (Å²) in [6.45, 7) is 4.01. The van der Waals surface area contributed by atoms with Crippen molar-refractivity contribution in [2.75, 3.05) is 6.61 Å². The molecule has 1 aliphatic carbocycles. The smallest absolute Gasteiger partial charge is 0.143 e. The molecule has 0 aromatic carbocycles. The summed E-state index contributed by atoms with van der Waals surface area (Å²) in [5, 5.41) is 8.71. The highest BCUT2D eigenvalue weighted by Gasteiger charge is 2.20. The Morgan fingerprint density at radius 2 is 2.23 bits per heavy atom. The van der Waals surface area contributed by atoms with E-state index in [2.05, 4.69) is 0 Å². The number of halogens is 1. The maximum atomic E-state index is 13.3. The van der Waals surface area contributed by atoms with Crippen LogP contribution in [0.15, 0.2) is 22.7 Å². The molecule has 1 aliphatic rings. The first-order valence-corrected chi connectivity index (χ1v) is 4.32. The Balaban J connectivity index is 3.03. The highest BCUT2D eigenvalue weighted by molar-refractivity contribution is 5.45. The van der Waals surface area contributed by atoms with Gasteiger partial charge in [-0.05, 0) is 25.8 Å². The first-order valence-electron chi connectivity index (χ1n) is 4.32. The molecule has 1 rings (SSSR count). The second-order valence-corrected chi connectivity index (χ2v) is 2.94. The van der Waals surface area contributed by atoms with Crippen LogP contribution in [0.3, 0.4) is 0 Å². The SMILES string of the molecule is CCOC1=C(C#N)C(F)=C(C)CC1. The van der Waals surface area contributed by atoms with Crippen molar-refractivity contribution in [3.63, 3.8) is 0 Å². The minimum atomic E-state index is -0.405. The molecular formula is C10H12FNO. The van der Waals surface area contributed by atoms with Crippen LogP contribution in [0.4, 0.5) is 4.39 Å². The topological polar surface area (TPSA) is 33.0 Å². The predicted molar refractivity (Wildman–Crippen MR) is 47.3 cm³/mol. The van der Waals surface area contributed by atoms with Crippen LogP contribution in [0.1, 0.15) is 26.7 Å². The summed E-state index contributed by atoms with van der Waals surface area (Å²) in [6, 6.07) is 1.84. The van der Waals surface area contributed by atoms with Crippen LogP contribution in [0.5, 0.6) is 0 Å². The van der Waals surface area contributed by atoms with Crippen LogP contribution in [0, 0.1) is 11.3 Å². The van der Waals surface area contributed by atoms with E-state index < -0.39 is 5.83 Å². The zero-order valence-electron chi connectivity index (χ0n) is 7.85. The van der Waals surface area contributed by atoms with Gasteiger partial charge < -0.3 is 4.74 Å². The van der Waals surface area contributed by atoms with E-state index >= 15 is 0 Å². The van der Waals surface area contributed by atoms with Crippen molar-refractivity contribution in [1.29, 1.82) is 5.26 Å². The summed E-state index contributed by atoms with van der Waals surface area (Å²) in [7, 11) is 0. The third-order valence-electron chi connectivity index (χ3n) is 2.03. The molecule has 0 aliphatic heterocycles. The first-order chi connectivity index (χ1) is 6.20. The van der Waals surface area contributed by atoms with Gasteiger partial charge >= 0.3 is 0 Å². The summed E-state index contributed by atoms with van der Waals surface area (Å²) >= 11 is 0. The molecule has 0 fully saturated rings. The van der Waals surface area contributed by atoms with Crippen molar-refractivity contribution < 1.29 is 9.13 Å². The largest absolute Gasteiger partial charge is 0.497 e. The van der Waals surface area contributed by atoms with E-state index in [4.69, 9.17) is 10.00 Å². The Labute approximate surface area is 77.3 Å². The fourth-order valence-corrected chi connectivity index (χ4v) is 1.30. The predicted octanol–water partition coefficient (Wildman–Crippen LogP) is 2.84. The summed E-state index contributed by atoms with van der Waals surface area (Å²) in [4.78, 5) is 0. The van der Waals surface area contributed by atoms with Crippen molar-refractivity contribution in [3.8, 4) is 6.07 Å². The van der Waals surface area contributed by atoms with Gasteiger partial charge in [-0.15, -0.1) is 0 Å². The van der Waals surface area contributed by atoms with Crippen molar-refractivity contribution >= 4 is 0 Å². The maximum absolute atomic E-state index is 13.3. The van der Waals surface area contributed by atoms with Crippen LogP contribution in [0.2, 0.25) is 0 Å². The monoisotopic (exact) mass is 181 g/mol. The number of hydrogen-bond donors (Lipinski definition) is 0. The lowest BCUT2D eigenvalue weighted by Crippen LogP contribution is -2.04. The van der Waals surface area contributed by atoms with Gasteiger partial charge in [0, 0.05) is 6.42 Å². The molecule has 3 heteroatoms. The van der Waals surface area contributed by atoms with Crippen LogP contribution in [0.25, 0.3) is 0 Å². The Bertz CT molecular complexity index is 305. The number of hydrogen-bond acceptors (Lipinski definition) is 2. The summed E-state index contributed by atoms with van der Waals surface area (Å²) in [6.07, 6.45) is 1.28. The number of nitriles is 1. The van der Waals surface area contributed by atoms with Gasteiger partial charge in [-0.3, -0.25) is 0 Å². The molecule has 0 atom stereocenters. The standard InChI is InChI=1S/C10H12FNO/c1-3-13-9-5-4-7(2)10(11)8(9)6-12/h3-5H2,1-2H3. The normalized spacial score (nSPS) is 17.4. The van der Waals surface area contributed by atoms with Gasteiger partial charge in [0.15, 0.2) is 0 Å². The zero-order valence-corrected chi connectivity index (χ0v) is 7.85. The van der Waals surface area contributed by atoms with E-state index in [1.54, 1.807) is 6.92 Å². The van der Waals surface area contributed by atoms with Gasteiger partial charge in [0.05, 0.1) is 6.61 Å². The fourth-order valence-electron chi connectivity index (χ4n) is 1.30. The lowest BCUT2D eigenvalue weighted by molar-refractivity contribution is 0.213. The van der Waals surface area contributed by atoms with E-state index in [0.29, 0.717) is 30.8 Å². The lowest BCUT2D eigenvalue weighted by atomic mass is 9.98. The molecule has 0 bridgehead atoms. The third kappa shape index (κ3) is 1.89. The number of rotatable bonds is 2. The van der Waals surface area contributed by atoms with E-state index in [9.17, 15) is 4.39 Å². The van der Waals surface area contributed by atoms with Gasteiger partial charge in [-0.2, -0.15) is 5.26 Å². The lowest BCUT2D eigenvalue weighted by Gasteiger charge is -2.16. The third-order valence-corrected chi connectivity index (χ3v) is 2.03. The maximum Gasteiger partial charge on any atom is 0.143 e. The Kier molecular flexibility index (Phi) is 3.07. The molecular weight excluding hydrogens is 169 g/mol. The van der Waals surface area contributed by atoms with Gasteiger partial charge in [-0.25, -0.2) is 4.39 Å². The average molecular weight is 181 g/mol. The first kappa shape index (κ1) is 9.79. The molecule has 0 N–H and O–H groups in total. The van der Waals surface area contributed by atoms with E-state index in [1.807, 2.05) is 13.0 Å². The van der Waals surface area contributed by atoms with Gasteiger partial charge in [0.1, 0.15) is 23.2 Å². The molecule has 13 heavy (non-hydrogen) atoms. The molecule has 0 unspecified atom stereocenters. The molecule has 0 saturated carbocycles. The number of nitrogens with zero attached hydrogens (tertiary/aromatic N) is 1. The van der Waals surface area contributed by atoms with E-state index in [-0.39, 0.29) is 5.57 Å². The quantitative estimate of drug-likeness (QED) is 0.656. The molecule has 0 aromatic heterocycles. The van der Waals surface area contributed by atoms with Crippen molar-refractivity contribution in [1.82, 2.24) is 0 Å². The molecule has 70 valence electrons. The molecule has 0 heterocycles. The van der Waals surface area contributed by atoms with Crippen molar-refractivity contribution in [2.24, 2.45) is 0 Å². The van der Waals surface area contributed by atoms with Gasteiger partial charge in [0.2, 0.25) is 0 Å². The molecule has 0 radical (unpaired) electrons. The highest BCUT2D eigenvalue weighted by atomic mass is 19.1. The molecule has 0 saturated heterocycles. The summed E-state index contributed by atoms with van der Waals surface area (Å²) in [5.74, 6) is 0.0882. The number of allylic oxidation sites excluding steroid dienone is 4. The van der Waals surface area contributed by atoms with Crippen molar-refractivity contribution in [3.05, 3.63) is 22.7 Å². The minimum absolute atomic E-state index is 0.0746. The second kappa shape index (κ2) is 4.08.